The molecule has 0 aliphatic heterocycles. The van der Waals surface area contributed by atoms with Gasteiger partial charge in [-0.1, -0.05) is 31.2 Å². The first-order chi connectivity index (χ1) is 10.4. The molecule has 0 amide bonds. The second kappa shape index (κ2) is 6.22. The van der Waals surface area contributed by atoms with Gasteiger partial charge in [-0.2, -0.15) is 5.10 Å². The Morgan fingerprint density at radius 3 is 2.52 bits per heavy atom. The molecule has 0 saturated carbocycles. The molecule has 1 aromatic carbocycles. The van der Waals surface area contributed by atoms with Gasteiger partial charge in [-0.25, -0.2) is 9.67 Å². The summed E-state index contributed by atoms with van der Waals surface area (Å²) >= 11 is 0. The first kappa shape index (κ1) is 13.4. The number of aryl methyl sites for hydroxylation is 1. The van der Waals surface area contributed by atoms with Crippen LogP contribution in [0.4, 0.5) is 5.69 Å². The zero-order valence-corrected chi connectivity index (χ0v) is 12.0. The molecule has 0 bridgehead atoms. The van der Waals surface area contributed by atoms with Gasteiger partial charge in [0, 0.05) is 25.1 Å². The molecule has 0 atom stereocenters. The van der Waals surface area contributed by atoms with Gasteiger partial charge in [0.2, 0.25) is 0 Å². The smallest absolute Gasteiger partial charge is 0.176 e. The fourth-order valence-corrected chi connectivity index (χ4v) is 2.20. The average molecular weight is 278 g/mol. The van der Waals surface area contributed by atoms with Crippen LogP contribution in [0.2, 0.25) is 0 Å². The number of nitrogens with one attached hydrogen (secondary N) is 1. The Morgan fingerprint density at radius 2 is 1.81 bits per heavy atom. The molecule has 0 fully saturated rings. The highest BCUT2D eigenvalue weighted by Gasteiger charge is 2.05. The number of hydrogen-bond donors (Lipinski definition) is 1. The third-order valence-electron chi connectivity index (χ3n) is 3.42. The van der Waals surface area contributed by atoms with Crippen molar-refractivity contribution in [3.63, 3.8) is 0 Å². The molecule has 4 heteroatoms. The summed E-state index contributed by atoms with van der Waals surface area (Å²) < 4.78 is 1.77. The monoisotopic (exact) mass is 278 g/mol. The standard InChI is InChI=1S/C17H18N4/c1-2-14-6-8-15(9-7-14)13-19-16-5-3-10-18-17(16)21-12-4-11-20-21/h3-12,19H,2,13H2,1H3. The quantitative estimate of drug-likeness (QED) is 0.777. The van der Waals surface area contributed by atoms with Crippen LogP contribution in [0, 0.1) is 0 Å². The molecule has 0 unspecified atom stereocenters. The molecule has 0 spiro atoms. The Kier molecular flexibility index (Phi) is 3.96. The average Bonchev–Trinajstić information content (AvgIpc) is 3.08. The van der Waals surface area contributed by atoms with E-state index in [1.807, 2.05) is 24.4 Å². The zero-order valence-electron chi connectivity index (χ0n) is 12.0. The molecule has 3 rings (SSSR count). The fourth-order valence-electron chi connectivity index (χ4n) is 2.20. The number of benzene rings is 1. The zero-order chi connectivity index (χ0) is 14.5. The van der Waals surface area contributed by atoms with E-state index in [4.69, 9.17) is 0 Å². The van der Waals surface area contributed by atoms with Crippen molar-refractivity contribution in [2.75, 3.05) is 5.32 Å². The molecule has 0 radical (unpaired) electrons. The van der Waals surface area contributed by atoms with E-state index in [0.29, 0.717) is 0 Å². The summed E-state index contributed by atoms with van der Waals surface area (Å²) in [6, 6.07) is 14.5. The number of nitrogens with zero attached hydrogens (tertiary/aromatic N) is 3. The largest absolute Gasteiger partial charge is 0.378 e. The van der Waals surface area contributed by atoms with Crippen molar-refractivity contribution < 1.29 is 0 Å². The van der Waals surface area contributed by atoms with Crippen molar-refractivity contribution >= 4 is 5.69 Å². The molecule has 2 heterocycles. The normalized spacial score (nSPS) is 10.5. The summed E-state index contributed by atoms with van der Waals surface area (Å²) in [7, 11) is 0. The lowest BCUT2D eigenvalue weighted by molar-refractivity contribution is 0.846. The second-order valence-electron chi connectivity index (χ2n) is 4.85. The van der Waals surface area contributed by atoms with Gasteiger partial charge in [0.1, 0.15) is 0 Å². The van der Waals surface area contributed by atoms with Gasteiger partial charge >= 0.3 is 0 Å². The minimum absolute atomic E-state index is 0.768. The molecule has 4 nitrogen and oxygen atoms in total. The van der Waals surface area contributed by atoms with Crippen molar-refractivity contribution in [1.82, 2.24) is 14.8 Å². The Labute approximate surface area is 124 Å². The van der Waals surface area contributed by atoms with Gasteiger partial charge in [0.15, 0.2) is 5.82 Å². The number of pyridine rings is 1. The Hall–Kier alpha value is -2.62. The van der Waals surface area contributed by atoms with Crippen LogP contribution in [0.1, 0.15) is 18.1 Å². The van der Waals surface area contributed by atoms with E-state index in [1.54, 1.807) is 17.1 Å². The number of aromatic nitrogens is 3. The molecular formula is C17H18N4. The van der Waals surface area contributed by atoms with E-state index >= 15 is 0 Å². The third kappa shape index (κ3) is 3.11. The maximum atomic E-state index is 4.40. The van der Waals surface area contributed by atoms with Crippen molar-refractivity contribution in [3.8, 4) is 5.82 Å². The van der Waals surface area contributed by atoms with Gasteiger partial charge in [0.25, 0.3) is 0 Å². The predicted molar refractivity (Wildman–Crippen MR) is 84.5 cm³/mol. The van der Waals surface area contributed by atoms with Crippen LogP contribution >= 0.6 is 0 Å². The summed E-state index contributed by atoms with van der Waals surface area (Å²) in [5.41, 5.74) is 3.58. The highest BCUT2D eigenvalue weighted by Crippen LogP contribution is 2.17. The van der Waals surface area contributed by atoms with Crippen molar-refractivity contribution in [2.45, 2.75) is 19.9 Å². The lowest BCUT2D eigenvalue weighted by Gasteiger charge is -2.11. The molecular weight excluding hydrogens is 260 g/mol. The minimum Gasteiger partial charge on any atom is -0.378 e. The molecule has 0 aliphatic rings. The van der Waals surface area contributed by atoms with Gasteiger partial charge < -0.3 is 5.32 Å². The van der Waals surface area contributed by atoms with E-state index in [0.717, 1.165) is 24.5 Å². The van der Waals surface area contributed by atoms with Gasteiger partial charge in [0.05, 0.1) is 5.69 Å². The topological polar surface area (TPSA) is 42.7 Å². The highest BCUT2D eigenvalue weighted by atomic mass is 15.3. The SMILES string of the molecule is CCc1ccc(CNc2cccnc2-n2cccn2)cc1. The first-order valence-corrected chi connectivity index (χ1v) is 7.13. The number of hydrogen-bond acceptors (Lipinski definition) is 3. The lowest BCUT2D eigenvalue weighted by atomic mass is 10.1. The van der Waals surface area contributed by atoms with Crippen molar-refractivity contribution in [1.29, 1.82) is 0 Å². The Balaban J connectivity index is 1.76. The predicted octanol–water partition coefficient (Wildman–Crippen LogP) is 3.44. The van der Waals surface area contributed by atoms with E-state index in [9.17, 15) is 0 Å². The molecule has 0 saturated heterocycles. The third-order valence-corrected chi connectivity index (χ3v) is 3.42. The van der Waals surface area contributed by atoms with Gasteiger partial charge in [-0.3, -0.25) is 0 Å². The van der Waals surface area contributed by atoms with Crippen molar-refractivity contribution in [3.05, 3.63) is 72.2 Å². The van der Waals surface area contributed by atoms with Crippen LogP contribution in [0.25, 0.3) is 5.82 Å². The fraction of sp³-hybridized carbons (Fsp3) is 0.176. The number of anilines is 1. The van der Waals surface area contributed by atoms with Crippen molar-refractivity contribution in [2.24, 2.45) is 0 Å². The molecule has 106 valence electrons. The summed E-state index contributed by atoms with van der Waals surface area (Å²) in [5.74, 6) is 0.813. The Morgan fingerprint density at radius 1 is 1.00 bits per heavy atom. The maximum Gasteiger partial charge on any atom is 0.176 e. The first-order valence-electron chi connectivity index (χ1n) is 7.13. The van der Waals surface area contributed by atoms with Crippen LogP contribution in [0.15, 0.2) is 61.1 Å². The molecule has 0 aliphatic carbocycles. The molecule has 3 aromatic rings. The number of rotatable bonds is 5. The summed E-state index contributed by atoms with van der Waals surface area (Å²) in [4.78, 5) is 4.40. The maximum absolute atomic E-state index is 4.40. The lowest BCUT2D eigenvalue weighted by Crippen LogP contribution is -2.06. The molecule has 1 N–H and O–H groups in total. The molecule has 21 heavy (non-hydrogen) atoms. The Bertz CT molecular complexity index is 687. The van der Waals surface area contributed by atoms with Gasteiger partial charge in [-0.05, 0) is 35.7 Å². The van der Waals surface area contributed by atoms with E-state index in [1.165, 1.54) is 11.1 Å². The minimum atomic E-state index is 0.768. The van der Waals surface area contributed by atoms with Gasteiger partial charge in [-0.15, -0.1) is 0 Å². The van der Waals surface area contributed by atoms with E-state index in [-0.39, 0.29) is 0 Å². The summed E-state index contributed by atoms with van der Waals surface area (Å²) in [5, 5.41) is 7.67. The summed E-state index contributed by atoms with van der Waals surface area (Å²) in [6.45, 7) is 2.93. The van der Waals surface area contributed by atoms with Crippen LogP contribution in [0.3, 0.4) is 0 Å². The summed E-state index contributed by atoms with van der Waals surface area (Å²) in [6.07, 6.45) is 6.49. The van der Waals surface area contributed by atoms with Crippen LogP contribution < -0.4 is 5.32 Å². The van der Waals surface area contributed by atoms with E-state index < -0.39 is 0 Å². The van der Waals surface area contributed by atoms with Crippen LogP contribution in [-0.2, 0) is 13.0 Å². The van der Waals surface area contributed by atoms with E-state index in [2.05, 4.69) is 46.6 Å². The second-order valence-corrected chi connectivity index (χ2v) is 4.85. The van der Waals surface area contributed by atoms with Crippen LogP contribution in [0.5, 0.6) is 0 Å². The van der Waals surface area contributed by atoms with Crippen LogP contribution in [-0.4, -0.2) is 14.8 Å². The highest BCUT2D eigenvalue weighted by molar-refractivity contribution is 5.56. The molecule has 2 aromatic heterocycles.